The number of carboxylic acids is 1. The van der Waals surface area contributed by atoms with Gasteiger partial charge in [-0.15, -0.1) is 0 Å². The van der Waals surface area contributed by atoms with E-state index in [1.165, 1.54) is 0 Å². The third kappa shape index (κ3) is 3.19. The summed E-state index contributed by atoms with van der Waals surface area (Å²) < 4.78 is 5.46. The minimum atomic E-state index is -1.23. The molecular weight excluding hydrogens is 396 g/mol. The summed E-state index contributed by atoms with van der Waals surface area (Å²) in [5.74, 6) is -1.19. The van der Waals surface area contributed by atoms with E-state index in [4.69, 9.17) is 4.74 Å². The van der Waals surface area contributed by atoms with Crippen molar-refractivity contribution >= 4 is 11.9 Å². The van der Waals surface area contributed by atoms with Crippen LogP contribution in [-0.2, 0) is 14.3 Å². The van der Waals surface area contributed by atoms with Gasteiger partial charge in [-0.1, -0.05) is 19.4 Å². The molecule has 0 saturated heterocycles. The number of rotatable bonds is 4. The summed E-state index contributed by atoms with van der Waals surface area (Å²) in [5, 5.41) is 32.7. The Morgan fingerprint density at radius 2 is 1.87 bits per heavy atom. The molecule has 0 amide bonds. The summed E-state index contributed by atoms with van der Waals surface area (Å²) in [5.41, 5.74) is -1.75. The number of hydrogen-bond donors (Lipinski definition) is 3. The Hall–Kier alpha value is -1.40. The molecule has 4 fully saturated rings. The number of allylic oxidation sites excluding steroid dienone is 1. The molecule has 8 atom stereocenters. The van der Waals surface area contributed by atoms with Crippen LogP contribution in [0.3, 0.4) is 0 Å². The molecule has 3 N–H and O–H groups in total. The molecule has 0 heterocycles. The van der Waals surface area contributed by atoms with E-state index in [1.54, 1.807) is 19.9 Å². The van der Waals surface area contributed by atoms with E-state index in [2.05, 4.69) is 6.92 Å². The molecule has 174 valence electrons. The zero-order valence-electron chi connectivity index (χ0n) is 19.3. The van der Waals surface area contributed by atoms with E-state index in [9.17, 15) is 24.9 Å². The second kappa shape index (κ2) is 7.31. The maximum atomic E-state index is 12.2. The Morgan fingerprint density at radius 1 is 1.16 bits per heavy atom. The van der Waals surface area contributed by atoms with Crippen LogP contribution in [0.1, 0.15) is 79.1 Å². The van der Waals surface area contributed by atoms with E-state index in [0.29, 0.717) is 24.8 Å². The van der Waals surface area contributed by atoms with Gasteiger partial charge in [0.1, 0.15) is 12.2 Å². The lowest BCUT2D eigenvalue weighted by Gasteiger charge is -2.63. The molecule has 0 aliphatic heterocycles. The number of ether oxygens (including phenoxy) is 1. The highest BCUT2D eigenvalue weighted by molar-refractivity contribution is 5.87. The van der Waals surface area contributed by atoms with E-state index in [1.807, 2.05) is 6.92 Å². The van der Waals surface area contributed by atoms with Crippen LogP contribution in [0.4, 0.5) is 0 Å². The van der Waals surface area contributed by atoms with Crippen molar-refractivity contribution in [2.24, 2.45) is 34.0 Å². The summed E-state index contributed by atoms with van der Waals surface area (Å²) in [6.07, 6.45) is 7.12. The van der Waals surface area contributed by atoms with Gasteiger partial charge in [0.05, 0.1) is 11.5 Å². The number of fused-ring (bicyclic) bond motifs is 3. The summed E-state index contributed by atoms with van der Waals surface area (Å²) >= 11 is 0. The molecule has 0 radical (unpaired) electrons. The van der Waals surface area contributed by atoms with Gasteiger partial charge in [0.2, 0.25) is 0 Å². The Balaban J connectivity index is 1.63. The largest absolute Gasteiger partial charge is 0.481 e. The molecule has 0 aromatic heterocycles. The number of carbonyl (C=O) groups excluding carboxylic acids is 1. The molecule has 6 heteroatoms. The average Bonchev–Trinajstić information content (AvgIpc) is 2.96. The van der Waals surface area contributed by atoms with Gasteiger partial charge in [-0.3, -0.25) is 4.79 Å². The predicted molar refractivity (Wildman–Crippen MR) is 115 cm³/mol. The number of aliphatic hydroxyl groups excluding tert-OH is 1. The Kier molecular flexibility index (Phi) is 5.37. The van der Waals surface area contributed by atoms with Gasteiger partial charge in [0.25, 0.3) is 0 Å². The number of esters is 1. The van der Waals surface area contributed by atoms with Crippen molar-refractivity contribution in [3.05, 3.63) is 11.6 Å². The molecule has 2 bridgehead atoms. The second-order valence-corrected chi connectivity index (χ2v) is 11.5. The number of hydrogen-bond acceptors (Lipinski definition) is 5. The van der Waals surface area contributed by atoms with Crippen LogP contribution in [0, 0.1) is 34.0 Å². The Morgan fingerprint density at radius 3 is 2.52 bits per heavy atom. The first-order valence-electron chi connectivity index (χ1n) is 11.9. The molecule has 0 aromatic rings. The third-order valence-corrected chi connectivity index (χ3v) is 10.1. The minimum absolute atomic E-state index is 0.0782. The normalized spacial score (nSPS) is 49.2. The van der Waals surface area contributed by atoms with Crippen molar-refractivity contribution in [2.75, 3.05) is 6.61 Å². The van der Waals surface area contributed by atoms with Gasteiger partial charge in [-0.25, -0.2) is 4.79 Å². The van der Waals surface area contributed by atoms with Gasteiger partial charge >= 0.3 is 11.9 Å². The molecule has 8 unspecified atom stereocenters. The van der Waals surface area contributed by atoms with Crippen molar-refractivity contribution in [1.82, 2.24) is 0 Å². The van der Waals surface area contributed by atoms with Crippen LogP contribution < -0.4 is 0 Å². The smallest absolute Gasteiger partial charge is 0.333 e. The Bertz CT molecular complexity index is 806. The topological polar surface area (TPSA) is 104 Å². The van der Waals surface area contributed by atoms with Crippen molar-refractivity contribution in [1.29, 1.82) is 0 Å². The summed E-state index contributed by atoms with van der Waals surface area (Å²) in [7, 11) is 0. The first kappa shape index (κ1) is 22.8. The molecule has 4 aliphatic carbocycles. The molecular formula is C25H38O6. The molecule has 31 heavy (non-hydrogen) atoms. The summed E-state index contributed by atoms with van der Waals surface area (Å²) in [4.78, 5) is 24.4. The fourth-order valence-electron chi connectivity index (χ4n) is 8.44. The summed E-state index contributed by atoms with van der Waals surface area (Å²) in [6.45, 7) is 7.51. The highest BCUT2D eigenvalue weighted by atomic mass is 16.5. The first-order chi connectivity index (χ1) is 14.4. The zero-order chi connectivity index (χ0) is 22.8. The first-order valence-corrected chi connectivity index (χ1v) is 11.9. The van der Waals surface area contributed by atoms with Gasteiger partial charge in [-0.05, 0) is 88.4 Å². The number of carboxylic acid groups (broad SMARTS) is 1. The van der Waals surface area contributed by atoms with Crippen LogP contribution in [0.25, 0.3) is 0 Å². The van der Waals surface area contributed by atoms with Crippen molar-refractivity contribution in [3.63, 3.8) is 0 Å². The third-order valence-electron chi connectivity index (χ3n) is 10.1. The van der Waals surface area contributed by atoms with Crippen LogP contribution in [-0.4, -0.2) is 45.6 Å². The minimum Gasteiger partial charge on any atom is -0.481 e. The highest BCUT2D eigenvalue weighted by Crippen LogP contribution is 2.72. The molecule has 4 rings (SSSR count). The Labute approximate surface area is 185 Å². The van der Waals surface area contributed by atoms with E-state index in [0.717, 1.165) is 32.1 Å². The van der Waals surface area contributed by atoms with Crippen molar-refractivity contribution < 1.29 is 29.6 Å². The monoisotopic (exact) mass is 434 g/mol. The fourth-order valence-corrected chi connectivity index (χ4v) is 8.44. The summed E-state index contributed by atoms with van der Waals surface area (Å²) in [6, 6.07) is 0. The van der Waals surface area contributed by atoms with Gasteiger partial charge in [-0.2, -0.15) is 0 Å². The second-order valence-electron chi connectivity index (χ2n) is 11.5. The highest BCUT2D eigenvalue weighted by Gasteiger charge is 2.70. The lowest BCUT2D eigenvalue weighted by molar-refractivity contribution is -0.186. The standard InChI is InChI=1S/C25H38O6/c1-5-15(2)20(27)31-14-25(30)13-24-10-7-18-22(3,8-6-9-23(18,4)21(28)29)19(24)11-17(26)16(25)12-24/h5,16-19,26,30H,6-14H2,1-4H3,(H,28,29). The van der Waals surface area contributed by atoms with Gasteiger partial charge < -0.3 is 20.1 Å². The lowest BCUT2D eigenvalue weighted by atomic mass is 9.41. The van der Waals surface area contributed by atoms with E-state index < -0.39 is 29.1 Å². The lowest BCUT2D eigenvalue weighted by Crippen LogP contribution is -2.59. The molecule has 4 aliphatic rings. The predicted octanol–water partition coefficient (Wildman–Crippen LogP) is 3.70. The van der Waals surface area contributed by atoms with Crippen LogP contribution in [0.15, 0.2) is 11.6 Å². The quantitative estimate of drug-likeness (QED) is 0.460. The maximum absolute atomic E-state index is 12.2. The molecule has 0 aromatic carbocycles. The average molecular weight is 435 g/mol. The van der Waals surface area contributed by atoms with Crippen molar-refractivity contribution in [3.8, 4) is 0 Å². The molecule has 6 nitrogen and oxygen atoms in total. The molecule has 1 spiro atoms. The van der Waals surface area contributed by atoms with Crippen LogP contribution in [0.5, 0.6) is 0 Å². The maximum Gasteiger partial charge on any atom is 0.333 e. The SMILES string of the molecule is CC=C(C)C(=O)OCC1(O)CC23CCC4C(C)(C(=O)O)CCCC4(C)C2CC(O)C1C3. The number of aliphatic hydroxyl groups is 2. The van der Waals surface area contributed by atoms with Gasteiger partial charge in [0.15, 0.2) is 0 Å². The fraction of sp³-hybridized carbons (Fsp3) is 0.840. The van der Waals surface area contributed by atoms with Gasteiger partial charge in [0, 0.05) is 11.5 Å². The molecule has 4 saturated carbocycles. The number of carbonyl (C=O) groups is 2. The van der Waals surface area contributed by atoms with Crippen LogP contribution >= 0.6 is 0 Å². The van der Waals surface area contributed by atoms with Crippen molar-refractivity contribution in [2.45, 2.75) is 90.8 Å². The zero-order valence-corrected chi connectivity index (χ0v) is 19.3. The van der Waals surface area contributed by atoms with E-state index in [-0.39, 0.29) is 35.2 Å². The number of aliphatic carboxylic acids is 1. The van der Waals surface area contributed by atoms with Crippen LogP contribution in [0.2, 0.25) is 0 Å². The van der Waals surface area contributed by atoms with E-state index >= 15 is 0 Å².